The summed E-state index contributed by atoms with van der Waals surface area (Å²) in [6.07, 6.45) is 6.47. The van der Waals surface area contributed by atoms with Crippen LogP contribution in [-0.4, -0.2) is 28.8 Å². The lowest BCUT2D eigenvalue weighted by Gasteiger charge is -2.00. The molecule has 0 radical (unpaired) electrons. The largest absolute Gasteiger partial charge is 0.387 e. The second kappa shape index (κ2) is 3.74. The normalized spacial score (nSPS) is 11.0. The molecule has 1 heterocycles. The van der Waals surface area contributed by atoms with Crippen LogP contribution < -0.4 is 5.32 Å². The van der Waals surface area contributed by atoms with Gasteiger partial charge in [0.2, 0.25) is 0 Å². The third-order valence-electron chi connectivity index (χ3n) is 1.34. The Morgan fingerprint density at radius 1 is 1.46 bits per heavy atom. The van der Waals surface area contributed by atoms with Crippen LogP contribution >= 0.6 is 0 Å². The highest BCUT2D eigenvalue weighted by atomic mass is 32.2. The Hall–Kier alpha value is -1.10. The highest BCUT2D eigenvalue weighted by Gasteiger charge is 1.95. The van der Waals surface area contributed by atoms with Crippen molar-refractivity contribution >= 4 is 21.1 Å². The van der Waals surface area contributed by atoms with Crippen LogP contribution in [-0.2, 0) is 9.73 Å². The maximum Gasteiger partial charge on any atom is 0.0933 e. The van der Waals surface area contributed by atoms with E-state index in [-0.39, 0.29) is 0 Å². The summed E-state index contributed by atoms with van der Waals surface area (Å²) >= 11 is 0. The van der Waals surface area contributed by atoms with E-state index < -0.39 is 9.73 Å². The Labute approximate surface area is 78.6 Å². The number of pyridine rings is 1. The zero-order chi connectivity index (χ0) is 9.90. The third kappa shape index (κ3) is 3.42. The molecular formula is C8H13N3OS. The number of hydrogen-bond donors (Lipinski definition) is 1. The zero-order valence-electron chi connectivity index (χ0n) is 7.94. The first kappa shape index (κ1) is 9.98. The number of nitrogens with one attached hydrogen (secondary N) is 1. The average molecular weight is 199 g/mol. The molecule has 4 nitrogen and oxygen atoms in total. The standard InChI is InChI=1S/C8H13N3OS/c1-9-7-4-8(6-10-5-7)11-13(2,3)12/h4-6,9H,1-3H3. The summed E-state index contributed by atoms with van der Waals surface area (Å²) in [6, 6.07) is 1.81. The van der Waals surface area contributed by atoms with Gasteiger partial charge in [-0.2, -0.15) is 4.36 Å². The van der Waals surface area contributed by atoms with Gasteiger partial charge in [0, 0.05) is 29.3 Å². The minimum atomic E-state index is -2.09. The van der Waals surface area contributed by atoms with Crippen molar-refractivity contribution in [1.29, 1.82) is 0 Å². The van der Waals surface area contributed by atoms with Gasteiger partial charge in [0.1, 0.15) is 0 Å². The monoisotopic (exact) mass is 199 g/mol. The van der Waals surface area contributed by atoms with Crippen molar-refractivity contribution in [3.05, 3.63) is 18.5 Å². The maximum atomic E-state index is 11.3. The van der Waals surface area contributed by atoms with E-state index in [4.69, 9.17) is 0 Å². The molecule has 0 fully saturated rings. The van der Waals surface area contributed by atoms with Gasteiger partial charge >= 0.3 is 0 Å². The number of aromatic nitrogens is 1. The second-order valence-electron chi connectivity index (χ2n) is 2.95. The van der Waals surface area contributed by atoms with E-state index in [1.54, 1.807) is 38.0 Å². The van der Waals surface area contributed by atoms with Gasteiger partial charge in [-0.05, 0) is 6.07 Å². The molecule has 0 bridgehead atoms. The molecule has 5 heteroatoms. The van der Waals surface area contributed by atoms with E-state index in [1.807, 2.05) is 0 Å². The SMILES string of the molecule is CNc1cncc(N=S(C)(C)=O)c1. The Balaban J connectivity index is 3.11. The lowest BCUT2D eigenvalue weighted by atomic mass is 10.4. The summed E-state index contributed by atoms with van der Waals surface area (Å²) < 4.78 is 15.4. The summed E-state index contributed by atoms with van der Waals surface area (Å²) in [7, 11) is -0.293. The zero-order valence-corrected chi connectivity index (χ0v) is 8.76. The quantitative estimate of drug-likeness (QED) is 0.785. The van der Waals surface area contributed by atoms with Gasteiger partial charge in [0.05, 0.1) is 23.8 Å². The molecule has 0 spiro atoms. The molecule has 1 N–H and O–H groups in total. The molecule has 0 atom stereocenters. The van der Waals surface area contributed by atoms with Crippen LogP contribution in [0.3, 0.4) is 0 Å². The van der Waals surface area contributed by atoms with Crippen molar-refractivity contribution in [2.45, 2.75) is 0 Å². The fourth-order valence-electron chi connectivity index (χ4n) is 0.868. The molecule has 1 rings (SSSR count). The highest BCUT2D eigenvalue weighted by Crippen LogP contribution is 2.16. The Kier molecular flexibility index (Phi) is 2.87. The van der Waals surface area contributed by atoms with E-state index in [9.17, 15) is 4.21 Å². The number of nitrogens with zero attached hydrogens (tertiary/aromatic N) is 2. The first-order chi connectivity index (χ1) is 6.01. The second-order valence-corrected chi connectivity index (χ2v) is 5.50. The van der Waals surface area contributed by atoms with Gasteiger partial charge in [0.15, 0.2) is 0 Å². The predicted molar refractivity (Wildman–Crippen MR) is 55.9 cm³/mol. The molecular weight excluding hydrogens is 186 g/mol. The molecule has 72 valence electrons. The van der Waals surface area contributed by atoms with Gasteiger partial charge in [-0.1, -0.05) is 0 Å². The van der Waals surface area contributed by atoms with Crippen LogP contribution in [0, 0.1) is 0 Å². The van der Waals surface area contributed by atoms with Crippen LogP contribution in [0.2, 0.25) is 0 Å². The van der Waals surface area contributed by atoms with Crippen molar-refractivity contribution < 1.29 is 4.21 Å². The lowest BCUT2D eigenvalue weighted by Crippen LogP contribution is -1.91. The summed E-state index contributed by atoms with van der Waals surface area (Å²) in [5.74, 6) is 0. The average Bonchev–Trinajstić information content (AvgIpc) is 2.01. The van der Waals surface area contributed by atoms with Gasteiger partial charge in [-0.25, -0.2) is 4.21 Å². The first-order valence-electron chi connectivity index (χ1n) is 3.81. The van der Waals surface area contributed by atoms with Crippen molar-refractivity contribution in [3.8, 4) is 0 Å². The third-order valence-corrected chi connectivity index (χ3v) is 1.99. The van der Waals surface area contributed by atoms with Crippen molar-refractivity contribution in [1.82, 2.24) is 4.98 Å². The topological polar surface area (TPSA) is 54.4 Å². The maximum absolute atomic E-state index is 11.3. The van der Waals surface area contributed by atoms with Crippen LogP contribution in [0.15, 0.2) is 22.8 Å². The molecule has 0 amide bonds. The van der Waals surface area contributed by atoms with E-state index in [0.29, 0.717) is 5.69 Å². The van der Waals surface area contributed by atoms with Crippen LogP contribution in [0.25, 0.3) is 0 Å². The molecule has 1 aromatic rings. The first-order valence-corrected chi connectivity index (χ1v) is 6.14. The van der Waals surface area contributed by atoms with E-state index in [2.05, 4.69) is 14.7 Å². The molecule has 0 aliphatic carbocycles. The molecule has 1 aromatic heterocycles. The van der Waals surface area contributed by atoms with Crippen LogP contribution in [0.1, 0.15) is 0 Å². The Morgan fingerprint density at radius 2 is 2.15 bits per heavy atom. The van der Waals surface area contributed by atoms with E-state index in [1.165, 1.54) is 0 Å². The molecule has 0 saturated carbocycles. The van der Waals surface area contributed by atoms with E-state index >= 15 is 0 Å². The summed E-state index contributed by atoms with van der Waals surface area (Å²) in [5.41, 5.74) is 1.51. The van der Waals surface area contributed by atoms with Crippen molar-refractivity contribution in [3.63, 3.8) is 0 Å². The van der Waals surface area contributed by atoms with Crippen LogP contribution in [0.4, 0.5) is 11.4 Å². The molecule has 0 unspecified atom stereocenters. The summed E-state index contributed by atoms with van der Waals surface area (Å²) in [5, 5.41) is 2.94. The van der Waals surface area contributed by atoms with Crippen molar-refractivity contribution in [2.75, 3.05) is 24.9 Å². The van der Waals surface area contributed by atoms with Crippen molar-refractivity contribution in [2.24, 2.45) is 4.36 Å². The summed E-state index contributed by atoms with van der Waals surface area (Å²) in [4.78, 5) is 3.96. The Morgan fingerprint density at radius 3 is 2.69 bits per heavy atom. The number of hydrogen-bond acceptors (Lipinski definition) is 4. The highest BCUT2D eigenvalue weighted by molar-refractivity contribution is 7.92. The number of anilines is 1. The molecule has 0 aliphatic heterocycles. The van der Waals surface area contributed by atoms with Gasteiger partial charge in [-0.3, -0.25) is 4.98 Å². The fraction of sp³-hybridized carbons (Fsp3) is 0.375. The van der Waals surface area contributed by atoms with Gasteiger partial charge < -0.3 is 5.32 Å². The van der Waals surface area contributed by atoms with Gasteiger partial charge in [0.25, 0.3) is 0 Å². The lowest BCUT2D eigenvalue weighted by molar-refractivity contribution is 0.684. The summed E-state index contributed by atoms with van der Waals surface area (Å²) in [6.45, 7) is 0. The molecule has 0 aliphatic rings. The minimum Gasteiger partial charge on any atom is -0.387 e. The van der Waals surface area contributed by atoms with Gasteiger partial charge in [-0.15, -0.1) is 0 Å². The predicted octanol–water partition coefficient (Wildman–Crippen LogP) is 1.48. The fourth-order valence-corrected chi connectivity index (χ4v) is 1.48. The Bertz CT molecular complexity index is 400. The van der Waals surface area contributed by atoms with Crippen LogP contribution in [0.5, 0.6) is 0 Å². The molecule has 0 saturated heterocycles. The minimum absolute atomic E-state index is 0.641. The molecule has 0 aromatic carbocycles. The smallest absolute Gasteiger partial charge is 0.0933 e. The van der Waals surface area contributed by atoms with E-state index in [0.717, 1.165) is 5.69 Å². The molecule has 13 heavy (non-hydrogen) atoms. The number of rotatable bonds is 2.